The SMILES string of the molecule is CC(C)C[C@H](OC(C)C)c1cc(F)ccc1OCC1COC1. The summed E-state index contributed by atoms with van der Waals surface area (Å²) in [5.74, 6) is 1.36. The molecular weight excluding hydrogens is 283 g/mol. The second-order valence-electron chi connectivity index (χ2n) is 6.70. The van der Waals surface area contributed by atoms with Crippen LogP contribution in [0, 0.1) is 17.7 Å². The van der Waals surface area contributed by atoms with Gasteiger partial charge in [0, 0.05) is 11.5 Å². The van der Waals surface area contributed by atoms with E-state index in [9.17, 15) is 4.39 Å². The number of hydrogen-bond acceptors (Lipinski definition) is 3. The predicted octanol–water partition coefficient (Wildman–Crippen LogP) is 4.36. The monoisotopic (exact) mass is 310 g/mol. The van der Waals surface area contributed by atoms with Gasteiger partial charge in [0.2, 0.25) is 0 Å². The maximum absolute atomic E-state index is 13.7. The van der Waals surface area contributed by atoms with Crippen molar-refractivity contribution in [1.82, 2.24) is 0 Å². The smallest absolute Gasteiger partial charge is 0.125 e. The molecule has 0 aromatic heterocycles. The Kier molecular flexibility index (Phi) is 6.21. The van der Waals surface area contributed by atoms with Crippen LogP contribution in [0.2, 0.25) is 0 Å². The molecule has 1 aromatic carbocycles. The van der Waals surface area contributed by atoms with E-state index in [1.165, 1.54) is 6.07 Å². The average molecular weight is 310 g/mol. The van der Waals surface area contributed by atoms with Gasteiger partial charge in [-0.05, 0) is 44.4 Å². The number of ether oxygens (including phenoxy) is 3. The van der Waals surface area contributed by atoms with Crippen molar-refractivity contribution < 1.29 is 18.6 Å². The molecule has 4 heteroatoms. The molecule has 1 aliphatic heterocycles. The van der Waals surface area contributed by atoms with E-state index < -0.39 is 0 Å². The molecule has 0 unspecified atom stereocenters. The predicted molar refractivity (Wildman–Crippen MR) is 84.6 cm³/mol. The summed E-state index contributed by atoms with van der Waals surface area (Å²) in [5.41, 5.74) is 0.808. The lowest BCUT2D eigenvalue weighted by Crippen LogP contribution is -2.32. The maximum Gasteiger partial charge on any atom is 0.125 e. The van der Waals surface area contributed by atoms with Crippen LogP contribution in [0.4, 0.5) is 4.39 Å². The van der Waals surface area contributed by atoms with E-state index in [0.29, 0.717) is 18.4 Å². The largest absolute Gasteiger partial charge is 0.493 e. The molecule has 1 aromatic rings. The first kappa shape index (κ1) is 17.2. The summed E-state index contributed by atoms with van der Waals surface area (Å²) in [6.45, 7) is 10.4. The summed E-state index contributed by atoms with van der Waals surface area (Å²) in [7, 11) is 0. The molecule has 1 heterocycles. The van der Waals surface area contributed by atoms with E-state index >= 15 is 0 Å². The van der Waals surface area contributed by atoms with Crippen molar-refractivity contribution in [1.29, 1.82) is 0 Å². The van der Waals surface area contributed by atoms with Crippen LogP contribution >= 0.6 is 0 Å². The second-order valence-corrected chi connectivity index (χ2v) is 6.70. The molecule has 0 radical (unpaired) electrons. The van der Waals surface area contributed by atoms with Crippen molar-refractivity contribution >= 4 is 0 Å². The normalized spacial score (nSPS) is 16.9. The van der Waals surface area contributed by atoms with Crippen molar-refractivity contribution in [3.63, 3.8) is 0 Å². The minimum absolute atomic E-state index is 0.0832. The van der Waals surface area contributed by atoms with Crippen LogP contribution in [0.1, 0.15) is 45.8 Å². The molecule has 1 aliphatic rings. The highest BCUT2D eigenvalue weighted by molar-refractivity contribution is 5.36. The van der Waals surface area contributed by atoms with Crippen molar-refractivity contribution in [3.05, 3.63) is 29.6 Å². The molecule has 2 rings (SSSR count). The summed E-state index contributed by atoms with van der Waals surface area (Å²) in [6.07, 6.45) is 0.771. The summed E-state index contributed by atoms with van der Waals surface area (Å²) in [4.78, 5) is 0. The molecule has 0 saturated carbocycles. The molecule has 1 fully saturated rings. The molecule has 0 amide bonds. The highest BCUT2D eigenvalue weighted by atomic mass is 19.1. The lowest BCUT2D eigenvalue weighted by molar-refractivity contribution is -0.0519. The molecule has 124 valence electrons. The van der Waals surface area contributed by atoms with Gasteiger partial charge in [0.1, 0.15) is 11.6 Å². The topological polar surface area (TPSA) is 27.7 Å². The van der Waals surface area contributed by atoms with Crippen molar-refractivity contribution in [2.45, 2.75) is 46.3 Å². The third-order valence-corrected chi connectivity index (χ3v) is 3.62. The van der Waals surface area contributed by atoms with Crippen LogP contribution in [-0.2, 0) is 9.47 Å². The Morgan fingerprint density at radius 2 is 1.95 bits per heavy atom. The summed E-state index contributed by atoms with van der Waals surface area (Å²) in [5, 5.41) is 0. The van der Waals surface area contributed by atoms with Gasteiger partial charge in [-0.2, -0.15) is 0 Å². The van der Waals surface area contributed by atoms with Crippen LogP contribution < -0.4 is 4.74 Å². The highest BCUT2D eigenvalue weighted by Gasteiger charge is 2.23. The summed E-state index contributed by atoms with van der Waals surface area (Å²) < 4.78 is 30.8. The van der Waals surface area contributed by atoms with Gasteiger partial charge in [-0.25, -0.2) is 4.39 Å². The lowest BCUT2D eigenvalue weighted by Gasteiger charge is -2.28. The zero-order valence-electron chi connectivity index (χ0n) is 14.0. The van der Waals surface area contributed by atoms with Crippen LogP contribution in [0.5, 0.6) is 5.75 Å². The zero-order valence-corrected chi connectivity index (χ0v) is 14.0. The molecule has 0 bridgehead atoms. The van der Waals surface area contributed by atoms with Gasteiger partial charge >= 0.3 is 0 Å². The Bertz CT molecular complexity index is 459. The first-order valence-corrected chi connectivity index (χ1v) is 8.11. The van der Waals surface area contributed by atoms with E-state index in [1.807, 2.05) is 13.8 Å². The minimum Gasteiger partial charge on any atom is -0.493 e. The van der Waals surface area contributed by atoms with Crippen LogP contribution in [0.15, 0.2) is 18.2 Å². The molecule has 0 aliphatic carbocycles. The van der Waals surface area contributed by atoms with Crippen molar-refractivity contribution in [2.24, 2.45) is 11.8 Å². The number of rotatable bonds is 8. The van der Waals surface area contributed by atoms with Gasteiger partial charge in [-0.3, -0.25) is 0 Å². The van der Waals surface area contributed by atoms with E-state index in [4.69, 9.17) is 14.2 Å². The van der Waals surface area contributed by atoms with E-state index in [2.05, 4.69) is 13.8 Å². The van der Waals surface area contributed by atoms with Gasteiger partial charge in [-0.1, -0.05) is 13.8 Å². The molecule has 1 saturated heterocycles. The van der Waals surface area contributed by atoms with Crippen LogP contribution in [0.25, 0.3) is 0 Å². The molecule has 3 nitrogen and oxygen atoms in total. The summed E-state index contributed by atoms with van der Waals surface area (Å²) in [6, 6.07) is 4.70. The lowest BCUT2D eigenvalue weighted by atomic mass is 9.98. The molecule has 0 N–H and O–H groups in total. The quantitative estimate of drug-likeness (QED) is 0.714. The van der Waals surface area contributed by atoms with Gasteiger partial charge in [0.15, 0.2) is 0 Å². The van der Waals surface area contributed by atoms with Crippen molar-refractivity contribution in [3.8, 4) is 5.75 Å². The van der Waals surface area contributed by atoms with Crippen molar-refractivity contribution in [2.75, 3.05) is 19.8 Å². The Morgan fingerprint density at radius 3 is 2.50 bits per heavy atom. The Balaban J connectivity index is 2.17. The van der Waals surface area contributed by atoms with Gasteiger partial charge < -0.3 is 14.2 Å². The van der Waals surface area contributed by atoms with Gasteiger partial charge in [0.05, 0.1) is 32.0 Å². The third kappa shape index (κ3) is 4.96. The molecule has 22 heavy (non-hydrogen) atoms. The average Bonchev–Trinajstić information content (AvgIpc) is 2.36. The number of benzene rings is 1. The van der Waals surface area contributed by atoms with Crippen LogP contribution in [-0.4, -0.2) is 25.9 Å². The fourth-order valence-electron chi connectivity index (χ4n) is 2.50. The Labute approximate surface area is 132 Å². The van der Waals surface area contributed by atoms with Gasteiger partial charge in [-0.15, -0.1) is 0 Å². The van der Waals surface area contributed by atoms with E-state index in [0.717, 1.165) is 30.9 Å². The highest BCUT2D eigenvalue weighted by Crippen LogP contribution is 2.34. The number of hydrogen-bond donors (Lipinski definition) is 0. The summed E-state index contributed by atoms with van der Waals surface area (Å²) >= 11 is 0. The molecule has 1 atom stereocenters. The fraction of sp³-hybridized carbons (Fsp3) is 0.667. The Morgan fingerprint density at radius 1 is 1.23 bits per heavy atom. The standard InChI is InChI=1S/C18H27FO3/c1-12(2)7-18(22-13(3)4)16-8-15(19)5-6-17(16)21-11-14-9-20-10-14/h5-6,8,12-14,18H,7,9-11H2,1-4H3/t18-/m0/s1. The molecule has 0 spiro atoms. The van der Waals surface area contributed by atoms with E-state index in [-0.39, 0.29) is 18.0 Å². The zero-order chi connectivity index (χ0) is 16.1. The van der Waals surface area contributed by atoms with Gasteiger partial charge in [0.25, 0.3) is 0 Å². The maximum atomic E-state index is 13.7. The third-order valence-electron chi connectivity index (χ3n) is 3.62. The fourth-order valence-corrected chi connectivity index (χ4v) is 2.50. The number of halogens is 1. The first-order valence-electron chi connectivity index (χ1n) is 8.11. The molecular formula is C18H27FO3. The van der Waals surface area contributed by atoms with Crippen LogP contribution in [0.3, 0.4) is 0 Å². The van der Waals surface area contributed by atoms with E-state index in [1.54, 1.807) is 12.1 Å². The first-order chi connectivity index (χ1) is 10.5. The Hall–Kier alpha value is -1.13. The second kappa shape index (κ2) is 7.93. The minimum atomic E-state index is -0.254.